The zero-order valence-corrected chi connectivity index (χ0v) is 10.7. The van der Waals surface area contributed by atoms with Gasteiger partial charge in [-0.25, -0.2) is 14.8 Å². The lowest BCUT2D eigenvalue weighted by Crippen LogP contribution is -2.00. The van der Waals surface area contributed by atoms with Crippen LogP contribution in [0, 0.1) is 6.92 Å². The fourth-order valence-corrected chi connectivity index (χ4v) is 3.04. The number of carboxylic acids is 1. The molecule has 0 aliphatic carbocycles. The van der Waals surface area contributed by atoms with Gasteiger partial charge in [0.05, 0.1) is 11.3 Å². The third kappa shape index (κ3) is 3.04. The Morgan fingerprint density at radius 3 is 3.06 bits per heavy atom. The molecule has 0 aliphatic rings. The lowest BCUT2D eigenvalue weighted by Gasteiger charge is -2.02. The molecule has 88 valence electrons. The molecule has 2 aromatic rings. The van der Waals surface area contributed by atoms with E-state index in [2.05, 4.69) is 9.97 Å². The summed E-state index contributed by atoms with van der Waals surface area (Å²) in [6, 6.07) is 3.19. The summed E-state index contributed by atoms with van der Waals surface area (Å²) >= 11 is 2.97. The number of thiazole rings is 1. The maximum absolute atomic E-state index is 11.0. The highest BCUT2D eigenvalue weighted by Gasteiger charge is 2.11. The minimum Gasteiger partial charge on any atom is -0.478 e. The van der Waals surface area contributed by atoms with Crippen molar-refractivity contribution in [1.29, 1.82) is 0 Å². The molecule has 0 atom stereocenters. The van der Waals surface area contributed by atoms with Gasteiger partial charge in [0.25, 0.3) is 0 Å². The lowest BCUT2D eigenvalue weighted by molar-refractivity contribution is 0.0692. The van der Waals surface area contributed by atoms with Gasteiger partial charge < -0.3 is 5.11 Å². The summed E-state index contributed by atoms with van der Waals surface area (Å²) < 4.78 is 0. The summed E-state index contributed by atoms with van der Waals surface area (Å²) in [4.78, 5) is 19.4. The van der Waals surface area contributed by atoms with Crippen LogP contribution in [0.15, 0.2) is 28.7 Å². The minimum absolute atomic E-state index is 0.241. The quantitative estimate of drug-likeness (QED) is 0.862. The number of nitrogens with zero attached hydrogens (tertiary/aromatic N) is 2. The van der Waals surface area contributed by atoms with E-state index in [4.69, 9.17) is 5.11 Å². The highest BCUT2D eigenvalue weighted by atomic mass is 32.2. The molecule has 0 unspecified atom stereocenters. The Balaban J connectivity index is 2.11. The second kappa shape index (κ2) is 5.29. The van der Waals surface area contributed by atoms with Crippen molar-refractivity contribution in [1.82, 2.24) is 9.97 Å². The van der Waals surface area contributed by atoms with Gasteiger partial charge in [-0.1, -0.05) is 11.8 Å². The molecule has 0 aromatic carbocycles. The average Bonchev–Trinajstić information content (AvgIpc) is 2.73. The lowest BCUT2D eigenvalue weighted by atomic mass is 10.3. The van der Waals surface area contributed by atoms with Gasteiger partial charge in [0.1, 0.15) is 10.0 Å². The number of carbonyl (C=O) groups is 1. The highest BCUT2D eigenvalue weighted by Crippen LogP contribution is 2.25. The summed E-state index contributed by atoms with van der Waals surface area (Å²) in [5, 5.41) is 12.5. The molecule has 2 heterocycles. The first kappa shape index (κ1) is 12.1. The van der Waals surface area contributed by atoms with Crippen LogP contribution in [-0.4, -0.2) is 21.0 Å². The van der Waals surface area contributed by atoms with E-state index in [-0.39, 0.29) is 5.56 Å². The number of pyridine rings is 1. The van der Waals surface area contributed by atoms with Crippen molar-refractivity contribution in [3.8, 4) is 0 Å². The van der Waals surface area contributed by atoms with Crippen molar-refractivity contribution in [3.05, 3.63) is 40.0 Å². The summed E-state index contributed by atoms with van der Waals surface area (Å²) in [6.45, 7) is 1.94. The van der Waals surface area contributed by atoms with Crippen molar-refractivity contribution in [2.24, 2.45) is 0 Å². The van der Waals surface area contributed by atoms with Gasteiger partial charge in [-0.15, -0.1) is 11.3 Å². The molecule has 0 bridgehead atoms. The van der Waals surface area contributed by atoms with Crippen LogP contribution in [0.5, 0.6) is 0 Å². The Hall–Kier alpha value is -1.40. The molecule has 0 saturated heterocycles. The average molecular weight is 266 g/mol. The molecule has 17 heavy (non-hydrogen) atoms. The third-order valence-electron chi connectivity index (χ3n) is 2.00. The monoisotopic (exact) mass is 266 g/mol. The molecule has 4 nitrogen and oxygen atoms in total. The number of hydrogen-bond acceptors (Lipinski definition) is 5. The fraction of sp³-hybridized carbons (Fsp3) is 0.182. The second-order valence-corrected chi connectivity index (χ2v) is 5.24. The van der Waals surface area contributed by atoms with E-state index in [9.17, 15) is 4.79 Å². The number of aryl methyl sites for hydroxylation is 1. The number of rotatable bonds is 4. The molecule has 0 fully saturated rings. The summed E-state index contributed by atoms with van der Waals surface area (Å²) in [5.41, 5.74) is 1.23. The maximum atomic E-state index is 11.0. The summed E-state index contributed by atoms with van der Waals surface area (Å²) in [6.07, 6.45) is 1.60. The van der Waals surface area contributed by atoms with Gasteiger partial charge in [-0.2, -0.15) is 0 Å². The predicted molar refractivity (Wildman–Crippen MR) is 67.6 cm³/mol. The topological polar surface area (TPSA) is 63.1 Å². The first-order chi connectivity index (χ1) is 8.16. The van der Waals surface area contributed by atoms with E-state index in [1.807, 2.05) is 12.3 Å². The van der Waals surface area contributed by atoms with Crippen molar-refractivity contribution >= 4 is 29.1 Å². The van der Waals surface area contributed by atoms with Crippen LogP contribution < -0.4 is 0 Å². The molecular weight excluding hydrogens is 256 g/mol. The molecule has 2 aromatic heterocycles. The van der Waals surface area contributed by atoms with Crippen molar-refractivity contribution in [2.75, 3.05) is 0 Å². The first-order valence-corrected chi connectivity index (χ1v) is 6.75. The number of carboxylic acid groups (broad SMARTS) is 1. The maximum Gasteiger partial charge on any atom is 0.338 e. The Morgan fingerprint density at radius 1 is 1.59 bits per heavy atom. The van der Waals surface area contributed by atoms with Crippen LogP contribution >= 0.6 is 23.1 Å². The molecule has 0 amide bonds. The molecule has 0 saturated carbocycles. The van der Waals surface area contributed by atoms with Crippen molar-refractivity contribution < 1.29 is 9.90 Å². The molecule has 2 rings (SSSR count). The smallest absolute Gasteiger partial charge is 0.338 e. The van der Waals surface area contributed by atoms with E-state index >= 15 is 0 Å². The molecule has 6 heteroatoms. The van der Waals surface area contributed by atoms with Gasteiger partial charge in [0, 0.05) is 17.3 Å². The van der Waals surface area contributed by atoms with E-state index in [1.54, 1.807) is 29.7 Å². The zero-order chi connectivity index (χ0) is 12.3. The SMILES string of the molecule is Cc1csc(CSc2ncccc2C(=O)O)n1. The van der Waals surface area contributed by atoms with Crippen LogP contribution in [0.1, 0.15) is 21.1 Å². The predicted octanol–water partition coefficient (Wildman–Crippen LogP) is 2.84. The summed E-state index contributed by atoms with van der Waals surface area (Å²) in [5.74, 6) is -0.300. The fourth-order valence-electron chi connectivity index (χ4n) is 1.27. The van der Waals surface area contributed by atoms with Crippen molar-refractivity contribution in [2.45, 2.75) is 17.7 Å². The van der Waals surface area contributed by atoms with Gasteiger partial charge >= 0.3 is 5.97 Å². The normalized spacial score (nSPS) is 10.4. The van der Waals surface area contributed by atoms with Crippen LogP contribution in [0.25, 0.3) is 0 Å². The Labute approximate surface area is 107 Å². The van der Waals surface area contributed by atoms with Gasteiger partial charge in [-0.3, -0.25) is 0 Å². The summed E-state index contributed by atoms with van der Waals surface area (Å²) in [7, 11) is 0. The number of thioether (sulfide) groups is 1. The second-order valence-electron chi connectivity index (χ2n) is 3.33. The number of aromatic nitrogens is 2. The van der Waals surface area contributed by atoms with E-state index in [0.29, 0.717) is 10.8 Å². The van der Waals surface area contributed by atoms with Gasteiger partial charge in [0.2, 0.25) is 0 Å². The van der Waals surface area contributed by atoms with Crippen LogP contribution in [0.4, 0.5) is 0 Å². The van der Waals surface area contributed by atoms with Crippen molar-refractivity contribution in [3.63, 3.8) is 0 Å². The van der Waals surface area contributed by atoms with E-state index in [1.165, 1.54) is 11.8 Å². The molecule has 1 N–H and O–H groups in total. The van der Waals surface area contributed by atoms with E-state index in [0.717, 1.165) is 10.7 Å². The third-order valence-corrected chi connectivity index (χ3v) is 4.17. The Kier molecular flexibility index (Phi) is 3.75. The molecular formula is C11H10N2O2S2. The van der Waals surface area contributed by atoms with Crippen LogP contribution in [0.2, 0.25) is 0 Å². The minimum atomic E-state index is -0.948. The first-order valence-electron chi connectivity index (χ1n) is 4.89. The molecule has 0 aliphatic heterocycles. The highest BCUT2D eigenvalue weighted by molar-refractivity contribution is 7.98. The standard InChI is InChI=1S/C11H10N2O2S2/c1-7-5-16-9(13-7)6-17-10-8(11(14)15)3-2-4-12-10/h2-5H,6H2,1H3,(H,14,15). The number of aromatic carboxylic acids is 1. The Morgan fingerprint density at radius 2 is 2.41 bits per heavy atom. The molecule has 0 spiro atoms. The largest absolute Gasteiger partial charge is 0.478 e. The van der Waals surface area contributed by atoms with E-state index < -0.39 is 5.97 Å². The molecule has 0 radical (unpaired) electrons. The van der Waals surface area contributed by atoms with Crippen LogP contribution in [0.3, 0.4) is 0 Å². The van der Waals surface area contributed by atoms with Gasteiger partial charge in [-0.05, 0) is 19.1 Å². The van der Waals surface area contributed by atoms with Crippen LogP contribution in [-0.2, 0) is 5.75 Å². The Bertz CT molecular complexity index is 540. The van der Waals surface area contributed by atoms with Gasteiger partial charge in [0.15, 0.2) is 0 Å². The zero-order valence-electron chi connectivity index (χ0n) is 9.08. The number of hydrogen-bond donors (Lipinski definition) is 1.